The van der Waals surface area contributed by atoms with Gasteiger partial charge in [-0.05, 0) is 87.1 Å². The molecule has 6 rings (SSSR count). The summed E-state index contributed by atoms with van der Waals surface area (Å²) in [6, 6.07) is 22.2. The van der Waals surface area contributed by atoms with E-state index in [4.69, 9.17) is 31.4 Å². The van der Waals surface area contributed by atoms with Gasteiger partial charge >= 0.3 is 0 Å². The van der Waals surface area contributed by atoms with Gasteiger partial charge in [-0.2, -0.15) is 0 Å². The summed E-state index contributed by atoms with van der Waals surface area (Å²) >= 11 is 0. The second-order valence-electron chi connectivity index (χ2n) is 11.8. The topological polar surface area (TPSA) is 162 Å². The maximum atomic E-state index is 13.1. The molecule has 4 aromatic carbocycles. The van der Waals surface area contributed by atoms with Crippen LogP contribution in [0.25, 0.3) is 44.1 Å². The number of para-hydroxylation sites is 4. The minimum absolute atomic E-state index is 0.193. The van der Waals surface area contributed by atoms with Crippen LogP contribution in [0.4, 0.5) is 0 Å². The first-order chi connectivity index (χ1) is 22.3. The lowest BCUT2D eigenvalue weighted by Gasteiger charge is -2.20. The molecule has 6 N–H and O–H groups in total. The van der Waals surface area contributed by atoms with Crippen LogP contribution in [0.5, 0.6) is 0 Å². The molecule has 0 aliphatic carbocycles. The van der Waals surface area contributed by atoms with Crippen LogP contribution in [0.3, 0.4) is 0 Å². The van der Waals surface area contributed by atoms with Gasteiger partial charge in [-0.3, -0.25) is 9.59 Å². The zero-order valence-electron chi connectivity index (χ0n) is 26.1. The van der Waals surface area contributed by atoms with Crippen LogP contribution in [-0.4, -0.2) is 56.9 Å². The molecule has 0 bridgehead atoms. The number of fused-ring (bicyclic) bond motifs is 4. The Bertz CT molecular complexity index is 1930. The van der Waals surface area contributed by atoms with E-state index in [-0.39, 0.29) is 23.9 Å². The van der Waals surface area contributed by atoms with Crippen LogP contribution in [0.15, 0.2) is 72.8 Å². The van der Waals surface area contributed by atoms with Crippen LogP contribution in [0.2, 0.25) is 0 Å². The molecule has 2 unspecified atom stereocenters. The van der Waals surface area contributed by atoms with Crippen LogP contribution >= 0.6 is 0 Å². The molecule has 10 nitrogen and oxygen atoms in total. The van der Waals surface area contributed by atoms with Crippen molar-refractivity contribution < 1.29 is 9.59 Å². The summed E-state index contributed by atoms with van der Waals surface area (Å²) < 4.78 is 0. The molecule has 0 spiro atoms. The number of rotatable bonds is 11. The van der Waals surface area contributed by atoms with Crippen molar-refractivity contribution in [3.63, 3.8) is 0 Å². The molecule has 0 saturated carbocycles. The Hall–Kier alpha value is -5.06. The van der Waals surface area contributed by atoms with E-state index in [2.05, 4.69) is 10.6 Å². The fourth-order valence-corrected chi connectivity index (χ4v) is 5.78. The van der Waals surface area contributed by atoms with E-state index in [1.165, 1.54) is 0 Å². The van der Waals surface area contributed by atoms with Gasteiger partial charge in [0.25, 0.3) is 11.8 Å². The van der Waals surface area contributed by atoms with Crippen LogP contribution in [-0.2, 0) is 0 Å². The zero-order valence-corrected chi connectivity index (χ0v) is 26.1. The van der Waals surface area contributed by atoms with Crippen molar-refractivity contribution in [1.82, 2.24) is 30.6 Å². The Morgan fingerprint density at radius 2 is 0.935 bits per heavy atom. The molecule has 2 aromatic heterocycles. The number of hydrogen-bond acceptors (Lipinski definition) is 8. The molecule has 2 amide bonds. The highest BCUT2D eigenvalue weighted by Gasteiger charge is 2.17. The molecule has 2 heterocycles. The molecule has 10 heteroatoms. The third-order valence-electron chi connectivity index (χ3n) is 8.43. The summed E-state index contributed by atoms with van der Waals surface area (Å²) in [5, 5.41) is 5.99. The average molecular weight is 615 g/mol. The van der Waals surface area contributed by atoms with Gasteiger partial charge in [0, 0.05) is 25.2 Å². The molecule has 234 valence electrons. The number of hydrogen-bond donors (Lipinski definition) is 4. The lowest BCUT2D eigenvalue weighted by molar-refractivity contribution is 0.0945. The Labute approximate surface area is 267 Å². The number of carbonyl (C=O) groups excluding carboxylic acids is 2. The third kappa shape index (κ3) is 6.49. The van der Waals surface area contributed by atoms with Crippen LogP contribution in [0.1, 0.15) is 57.5 Å². The number of aryl methyl sites for hydroxylation is 2. The van der Waals surface area contributed by atoms with Gasteiger partial charge in [-0.25, -0.2) is 19.9 Å². The second kappa shape index (κ2) is 13.5. The average Bonchev–Trinajstić information content (AvgIpc) is 3.06. The van der Waals surface area contributed by atoms with Gasteiger partial charge in [0.2, 0.25) is 0 Å². The van der Waals surface area contributed by atoms with Crippen molar-refractivity contribution in [2.75, 3.05) is 13.1 Å². The minimum atomic E-state index is -0.227. The molecule has 2 atom stereocenters. The quantitative estimate of drug-likeness (QED) is 0.119. The standard InChI is InChI=1S/C36H38N8O2/c1-21-9-3-15-27-31(21)43-33-23(11-5-17-29(33)41-27)35(45)39-19-7-13-25(37)26(38)14-8-20-40-36(46)24-12-6-18-30-34(24)44-32-22(2)10-4-16-28(32)42-30/h3-6,9-12,15-18,25-26H,7-8,13-14,19-20,37-38H2,1-2H3,(H,39,45)(H,40,46). The van der Waals surface area contributed by atoms with Crippen LogP contribution < -0.4 is 22.1 Å². The van der Waals surface area contributed by atoms with Gasteiger partial charge in [-0.15, -0.1) is 0 Å². The maximum Gasteiger partial charge on any atom is 0.253 e. The number of nitrogens with two attached hydrogens (primary N) is 2. The second-order valence-corrected chi connectivity index (χ2v) is 11.8. The highest BCUT2D eigenvalue weighted by molar-refractivity contribution is 6.07. The molecule has 0 fully saturated rings. The highest BCUT2D eigenvalue weighted by Crippen LogP contribution is 2.23. The third-order valence-corrected chi connectivity index (χ3v) is 8.43. The summed E-state index contributed by atoms with van der Waals surface area (Å²) in [5.74, 6) is -0.385. The van der Waals surface area contributed by atoms with E-state index < -0.39 is 0 Å². The number of aromatic nitrogens is 4. The lowest BCUT2D eigenvalue weighted by atomic mass is 10.00. The van der Waals surface area contributed by atoms with E-state index >= 15 is 0 Å². The molecule has 0 aliphatic rings. The normalized spacial score (nSPS) is 12.9. The summed E-state index contributed by atoms with van der Waals surface area (Å²) in [6.45, 7) is 4.90. The fraction of sp³-hybridized carbons (Fsp3) is 0.278. The van der Waals surface area contributed by atoms with Gasteiger partial charge in [0.05, 0.1) is 44.2 Å². The zero-order chi connectivity index (χ0) is 32.2. The minimum Gasteiger partial charge on any atom is -0.352 e. The van der Waals surface area contributed by atoms with Gasteiger partial charge in [0.15, 0.2) is 0 Å². The first-order valence-corrected chi connectivity index (χ1v) is 15.7. The largest absolute Gasteiger partial charge is 0.352 e. The van der Waals surface area contributed by atoms with E-state index in [0.717, 1.165) is 33.2 Å². The van der Waals surface area contributed by atoms with Crippen molar-refractivity contribution in [2.24, 2.45) is 11.5 Å². The van der Waals surface area contributed by atoms with E-state index in [1.807, 2.05) is 74.5 Å². The summed E-state index contributed by atoms with van der Waals surface area (Å²) in [7, 11) is 0. The molecule has 0 radical (unpaired) electrons. The van der Waals surface area contributed by atoms with Crippen LogP contribution in [0, 0.1) is 13.8 Å². The van der Waals surface area contributed by atoms with Crippen molar-refractivity contribution in [3.05, 3.63) is 95.1 Å². The fourth-order valence-electron chi connectivity index (χ4n) is 5.78. The first-order valence-electron chi connectivity index (χ1n) is 15.7. The monoisotopic (exact) mass is 614 g/mol. The molecular formula is C36H38N8O2. The number of nitrogens with one attached hydrogen (secondary N) is 2. The maximum absolute atomic E-state index is 13.1. The first kappa shape index (κ1) is 30.9. The summed E-state index contributed by atoms with van der Waals surface area (Å²) in [5.41, 5.74) is 21.5. The Balaban J connectivity index is 0.963. The smallest absolute Gasteiger partial charge is 0.253 e. The number of amides is 2. The Morgan fingerprint density at radius 3 is 1.35 bits per heavy atom. The lowest BCUT2D eigenvalue weighted by Crippen LogP contribution is -2.42. The molecule has 6 aromatic rings. The van der Waals surface area contributed by atoms with Crippen molar-refractivity contribution in [2.45, 2.75) is 51.6 Å². The Kier molecular flexibility index (Phi) is 9.09. The van der Waals surface area contributed by atoms with Crippen molar-refractivity contribution in [1.29, 1.82) is 0 Å². The number of carbonyl (C=O) groups is 2. The molecular weight excluding hydrogens is 576 g/mol. The predicted molar refractivity (Wildman–Crippen MR) is 183 cm³/mol. The van der Waals surface area contributed by atoms with Gasteiger partial charge in [-0.1, -0.05) is 36.4 Å². The molecule has 0 saturated heterocycles. The summed E-state index contributed by atoms with van der Waals surface area (Å²) in [4.78, 5) is 45.1. The van der Waals surface area contributed by atoms with E-state index in [0.29, 0.717) is 72.0 Å². The molecule has 0 aliphatic heterocycles. The van der Waals surface area contributed by atoms with Crippen molar-refractivity contribution in [3.8, 4) is 0 Å². The van der Waals surface area contributed by atoms with E-state index in [1.54, 1.807) is 12.1 Å². The number of benzene rings is 4. The number of nitrogens with zero attached hydrogens (tertiary/aromatic N) is 4. The van der Waals surface area contributed by atoms with Crippen molar-refractivity contribution >= 4 is 55.9 Å². The SMILES string of the molecule is Cc1cccc2nc3cccc(C(=O)NCCCC(N)C(N)CCCNC(=O)c4cccc5nc6cccc(C)c6nc45)c3nc12. The predicted octanol–water partition coefficient (Wildman–Crippen LogP) is 4.87. The highest BCUT2D eigenvalue weighted by atomic mass is 16.2. The van der Waals surface area contributed by atoms with Gasteiger partial charge < -0.3 is 22.1 Å². The van der Waals surface area contributed by atoms with Gasteiger partial charge in [0.1, 0.15) is 11.0 Å². The Morgan fingerprint density at radius 1 is 0.565 bits per heavy atom. The molecule has 46 heavy (non-hydrogen) atoms. The van der Waals surface area contributed by atoms with E-state index in [9.17, 15) is 9.59 Å². The summed E-state index contributed by atoms with van der Waals surface area (Å²) in [6.07, 6.45) is 2.70.